The summed E-state index contributed by atoms with van der Waals surface area (Å²) in [6, 6.07) is 4.64. The highest BCUT2D eigenvalue weighted by Gasteiger charge is 2.11. The third-order valence-corrected chi connectivity index (χ3v) is 2.16. The van der Waals surface area contributed by atoms with Crippen LogP contribution in [0.5, 0.6) is 0 Å². The first-order valence-corrected chi connectivity index (χ1v) is 5.06. The van der Waals surface area contributed by atoms with E-state index in [0.29, 0.717) is 5.92 Å². The zero-order chi connectivity index (χ0) is 11.4. The van der Waals surface area contributed by atoms with E-state index in [1.807, 2.05) is 0 Å². The van der Waals surface area contributed by atoms with E-state index >= 15 is 0 Å². The minimum atomic E-state index is -0.492. The van der Waals surface area contributed by atoms with Crippen LogP contribution in [0.1, 0.15) is 13.8 Å². The third kappa shape index (κ3) is 3.40. The maximum atomic E-state index is 10.5. The minimum absolute atomic E-state index is 0.0632. The molecule has 0 spiro atoms. The molecular weight excluding hydrogens is 216 g/mol. The van der Waals surface area contributed by atoms with Gasteiger partial charge in [0.2, 0.25) is 0 Å². The first-order valence-electron chi connectivity index (χ1n) is 4.68. The molecule has 0 heterocycles. The van der Waals surface area contributed by atoms with Crippen LogP contribution in [0.25, 0.3) is 0 Å². The van der Waals surface area contributed by atoms with Gasteiger partial charge in [0, 0.05) is 18.3 Å². The van der Waals surface area contributed by atoms with Crippen molar-refractivity contribution in [3.63, 3.8) is 0 Å². The fraction of sp³-hybridized carbons (Fsp3) is 0.400. The van der Waals surface area contributed by atoms with Crippen molar-refractivity contribution in [2.75, 3.05) is 11.9 Å². The summed E-state index contributed by atoms with van der Waals surface area (Å²) in [6.45, 7) is 4.98. The molecule has 1 aromatic rings. The van der Waals surface area contributed by atoms with Crippen LogP contribution in [-0.4, -0.2) is 11.5 Å². The Bertz CT molecular complexity index is 366. The van der Waals surface area contributed by atoms with Gasteiger partial charge in [0.25, 0.3) is 5.69 Å². The molecule has 0 saturated heterocycles. The molecule has 0 saturated carbocycles. The van der Waals surface area contributed by atoms with Crippen molar-refractivity contribution in [1.29, 1.82) is 0 Å². The van der Waals surface area contributed by atoms with Gasteiger partial charge in [-0.05, 0) is 18.1 Å². The van der Waals surface area contributed by atoms with Gasteiger partial charge in [-0.3, -0.25) is 10.1 Å². The number of hydrogen-bond donors (Lipinski definition) is 1. The first-order chi connectivity index (χ1) is 7.00. The molecule has 0 amide bonds. The summed E-state index contributed by atoms with van der Waals surface area (Å²) < 4.78 is 0. The van der Waals surface area contributed by atoms with Crippen molar-refractivity contribution in [2.24, 2.45) is 5.92 Å². The summed E-state index contributed by atoms with van der Waals surface area (Å²) in [5, 5.41) is 13.8. The molecule has 0 aliphatic rings. The largest absolute Gasteiger partial charge is 0.385 e. The third-order valence-electron chi connectivity index (χ3n) is 1.86. The van der Waals surface area contributed by atoms with Crippen molar-refractivity contribution in [1.82, 2.24) is 0 Å². The minimum Gasteiger partial charge on any atom is -0.385 e. The lowest BCUT2D eigenvalue weighted by atomic mass is 10.2. The van der Waals surface area contributed by atoms with Gasteiger partial charge in [0.05, 0.1) is 4.92 Å². The van der Waals surface area contributed by atoms with Crippen molar-refractivity contribution in [3.05, 3.63) is 33.3 Å². The molecule has 0 unspecified atom stereocenters. The van der Waals surface area contributed by atoms with E-state index in [1.54, 1.807) is 12.1 Å². The Morgan fingerprint density at radius 2 is 2.20 bits per heavy atom. The number of nitrogens with one attached hydrogen (secondary N) is 1. The topological polar surface area (TPSA) is 55.2 Å². The molecule has 0 aliphatic heterocycles. The molecule has 0 atom stereocenters. The molecule has 1 N–H and O–H groups in total. The molecule has 15 heavy (non-hydrogen) atoms. The predicted octanol–water partition coefficient (Wildman–Crippen LogP) is 3.32. The zero-order valence-corrected chi connectivity index (χ0v) is 9.41. The van der Waals surface area contributed by atoms with E-state index in [1.165, 1.54) is 6.07 Å². The van der Waals surface area contributed by atoms with E-state index in [-0.39, 0.29) is 10.7 Å². The van der Waals surface area contributed by atoms with Gasteiger partial charge >= 0.3 is 0 Å². The number of benzene rings is 1. The summed E-state index contributed by atoms with van der Waals surface area (Å²) in [5.41, 5.74) is 0.742. The van der Waals surface area contributed by atoms with Crippen molar-refractivity contribution in [2.45, 2.75) is 13.8 Å². The molecule has 0 bridgehead atoms. The number of halogens is 1. The zero-order valence-electron chi connectivity index (χ0n) is 8.66. The number of nitro groups is 1. The average molecular weight is 229 g/mol. The number of anilines is 1. The van der Waals surface area contributed by atoms with Crippen LogP contribution >= 0.6 is 11.6 Å². The number of rotatable bonds is 4. The number of nitrogens with zero attached hydrogens (tertiary/aromatic N) is 1. The second-order valence-corrected chi connectivity index (χ2v) is 4.11. The highest BCUT2D eigenvalue weighted by atomic mass is 35.5. The van der Waals surface area contributed by atoms with Crippen molar-refractivity contribution >= 4 is 23.0 Å². The Hall–Kier alpha value is -1.29. The van der Waals surface area contributed by atoms with Crippen LogP contribution in [0.15, 0.2) is 18.2 Å². The summed E-state index contributed by atoms with van der Waals surface area (Å²) >= 11 is 5.76. The monoisotopic (exact) mass is 228 g/mol. The van der Waals surface area contributed by atoms with Crippen LogP contribution in [0.4, 0.5) is 11.4 Å². The average Bonchev–Trinajstić information content (AvgIpc) is 2.14. The van der Waals surface area contributed by atoms with Crippen molar-refractivity contribution < 1.29 is 4.92 Å². The Morgan fingerprint density at radius 3 is 2.67 bits per heavy atom. The number of nitro benzene ring substituents is 1. The lowest BCUT2D eigenvalue weighted by Gasteiger charge is -2.08. The van der Waals surface area contributed by atoms with E-state index < -0.39 is 4.92 Å². The second-order valence-electron chi connectivity index (χ2n) is 3.70. The van der Waals surface area contributed by atoms with Gasteiger partial charge in [0.1, 0.15) is 5.02 Å². The molecular formula is C10H13ClN2O2. The van der Waals surface area contributed by atoms with Crippen LogP contribution in [0.2, 0.25) is 5.02 Å². The SMILES string of the molecule is CC(C)CNc1ccc([N+](=O)[O-])c(Cl)c1. The number of hydrogen-bond acceptors (Lipinski definition) is 3. The summed E-state index contributed by atoms with van der Waals surface area (Å²) in [7, 11) is 0. The normalized spacial score (nSPS) is 10.4. The quantitative estimate of drug-likeness (QED) is 0.635. The van der Waals surface area contributed by atoms with Crippen LogP contribution in [-0.2, 0) is 0 Å². The Morgan fingerprint density at radius 1 is 1.53 bits per heavy atom. The molecule has 0 aromatic heterocycles. The molecule has 5 heteroatoms. The lowest BCUT2D eigenvalue weighted by Crippen LogP contribution is -2.07. The van der Waals surface area contributed by atoms with Gasteiger partial charge in [0.15, 0.2) is 0 Å². The van der Waals surface area contributed by atoms with Gasteiger partial charge in [-0.2, -0.15) is 0 Å². The van der Waals surface area contributed by atoms with E-state index in [0.717, 1.165) is 12.2 Å². The molecule has 1 aromatic carbocycles. The summed E-state index contributed by atoms with van der Waals surface area (Å²) in [6.07, 6.45) is 0. The summed E-state index contributed by atoms with van der Waals surface area (Å²) in [5.74, 6) is 0.513. The van der Waals surface area contributed by atoms with Crippen LogP contribution in [0.3, 0.4) is 0 Å². The molecule has 82 valence electrons. The van der Waals surface area contributed by atoms with Gasteiger partial charge in [-0.1, -0.05) is 25.4 Å². The van der Waals surface area contributed by atoms with Gasteiger partial charge in [-0.25, -0.2) is 0 Å². The molecule has 0 aliphatic carbocycles. The maximum Gasteiger partial charge on any atom is 0.288 e. The highest BCUT2D eigenvalue weighted by molar-refractivity contribution is 6.32. The first kappa shape index (κ1) is 11.8. The standard InChI is InChI=1S/C10H13ClN2O2/c1-7(2)6-12-8-3-4-10(13(14)15)9(11)5-8/h3-5,7,12H,6H2,1-2H3. The molecule has 0 fully saturated rings. The Kier molecular flexibility index (Phi) is 3.91. The second kappa shape index (κ2) is 4.98. The summed E-state index contributed by atoms with van der Waals surface area (Å²) in [4.78, 5) is 10.0. The Balaban J connectivity index is 2.78. The predicted molar refractivity (Wildman–Crippen MR) is 61.4 cm³/mol. The fourth-order valence-electron chi connectivity index (χ4n) is 1.09. The highest BCUT2D eigenvalue weighted by Crippen LogP contribution is 2.27. The van der Waals surface area contributed by atoms with E-state index in [2.05, 4.69) is 19.2 Å². The maximum absolute atomic E-state index is 10.5. The molecule has 4 nitrogen and oxygen atoms in total. The van der Waals surface area contributed by atoms with Gasteiger partial charge < -0.3 is 5.32 Å². The Labute approximate surface area is 93.4 Å². The van der Waals surface area contributed by atoms with E-state index in [4.69, 9.17) is 11.6 Å². The van der Waals surface area contributed by atoms with E-state index in [9.17, 15) is 10.1 Å². The van der Waals surface area contributed by atoms with Crippen LogP contribution < -0.4 is 5.32 Å². The van der Waals surface area contributed by atoms with Gasteiger partial charge in [-0.15, -0.1) is 0 Å². The molecule has 0 radical (unpaired) electrons. The van der Waals surface area contributed by atoms with Crippen molar-refractivity contribution in [3.8, 4) is 0 Å². The fourth-order valence-corrected chi connectivity index (χ4v) is 1.34. The van der Waals surface area contributed by atoms with Crippen LogP contribution in [0, 0.1) is 16.0 Å². The molecule has 1 rings (SSSR count). The smallest absolute Gasteiger partial charge is 0.288 e. The lowest BCUT2D eigenvalue weighted by molar-refractivity contribution is -0.384.